The first-order valence-corrected chi connectivity index (χ1v) is 7.59. The van der Waals surface area contributed by atoms with E-state index in [1.54, 1.807) is 42.7 Å². The molecular weight excluding hydrogens is 292 g/mol. The summed E-state index contributed by atoms with van der Waals surface area (Å²) in [6, 6.07) is 8.32. The Kier molecular flexibility index (Phi) is 5.34. The van der Waals surface area contributed by atoms with Crippen LogP contribution in [0.5, 0.6) is 0 Å². The lowest BCUT2D eigenvalue weighted by Gasteiger charge is -2.23. The Morgan fingerprint density at radius 3 is 2.30 bits per heavy atom. The minimum atomic E-state index is -0.184. The summed E-state index contributed by atoms with van der Waals surface area (Å²) in [5, 5.41) is 11.9. The predicted octanol–water partition coefficient (Wildman–Crippen LogP) is 2.38. The van der Waals surface area contributed by atoms with Gasteiger partial charge in [-0.3, -0.25) is 9.59 Å². The molecule has 3 N–H and O–H groups in total. The summed E-state index contributed by atoms with van der Waals surface area (Å²) < 4.78 is 0. The number of benzene rings is 1. The highest BCUT2D eigenvalue weighted by molar-refractivity contribution is 6.09. The molecule has 0 saturated heterocycles. The molecule has 0 aliphatic heterocycles. The summed E-state index contributed by atoms with van der Waals surface area (Å²) in [6.45, 7) is 4.56. The molecule has 1 aromatic heterocycles. The van der Waals surface area contributed by atoms with Crippen molar-refractivity contribution in [3.8, 4) is 0 Å². The van der Waals surface area contributed by atoms with Crippen LogP contribution in [0.2, 0.25) is 0 Å². The lowest BCUT2D eigenvalue weighted by atomic mass is 9.89. The standard InChI is InChI=1S/C18H22N2O3/c1-18(2,8-10-21)12-20-17(23)14-5-3-13(4-6-14)16(22)15-7-9-19-11-15/h3-7,9,11,19,21H,8,10,12H2,1-2H3,(H,20,23). The molecule has 5 nitrogen and oxygen atoms in total. The van der Waals surface area contributed by atoms with Crippen molar-refractivity contribution < 1.29 is 14.7 Å². The second-order valence-corrected chi connectivity index (χ2v) is 6.33. The number of amides is 1. The van der Waals surface area contributed by atoms with Gasteiger partial charge in [0.25, 0.3) is 5.91 Å². The van der Waals surface area contributed by atoms with E-state index < -0.39 is 0 Å². The van der Waals surface area contributed by atoms with Gasteiger partial charge < -0.3 is 15.4 Å². The topological polar surface area (TPSA) is 82.2 Å². The summed E-state index contributed by atoms with van der Waals surface area (Å²) in [5.41, 5.74) is 1.49. The Balaban J connectivity index is 1.99. The number of carbonyl (C=O) groups is 2. The van der Waals surface area contributed by atoms with Gasteiger partial charge in [0.1, 0.15) is 0 Å². The van der Waals surface area contributed by atoms with E-state index in [1.165, 1.54) is 0 Å². The highest BCUT2D eigenvalue weighted by Gasteiger charge is 2.18. The summed E-state index contributed by atoms with van der Waals surface area (Å²) in [7, 11) is 0. The van der Waals surface area contributed by atoms with E-state index in [2.05, 4.69) is 10.3 Å². The van der Waals surface area contributed by atoms with Crippen molar-refractivity contribution in [3.63, 3.8) is 0 Å². The van der Waals surface area contributed by atoms with Crippen LogP contribution in [0.4, 0.5) is 0 Å². The number of hydrogen-bond donors (Lipinski definition) is 3. The van der Waals surface area contributed by atoms with Crippen molar-refractivity contribution >= 4 is 11.7 Å². The highest BCUT2D eigenvalue weighted by Crippen LogP contribution is 2.18. The molecule has 1 aromatic carbocycles. The van der Waals surface area contributed by atoms with Gasteiger partial charge in [-0.05, 0) is 30.0 Å². The van der Waals surface area contributed by atoms with Crippen LogP contribution in [0.3, 0.4) is 0 Å². The first-order chi connectivity index (χ1) is 10.9. The van der Waals surface area contributed by atoms with Gasteiger partial charge in [0, 0.05) is 42.2 Å². The molecule has 0 aliphatic rings. The molecule has 0 saturated carbocycles. The number of aromatic nitrogens is 1. The van der Waals surface area contributed by atoms with Gasteiger partial charge in [0.05, 0.1) is 0 Å². The van der Waals surface area contributed by atoms with E-state index in [-0.39, 0.29) is 23.7 Å². The first kappa shape index (κ1) is 17.0. The molecule has 0 fully saturated rings. The summed E-state index contributed by atoms with van der Waals surface area (Å²) in [6.07, 6.45) is 3.97. The third kappa shape index (κ3) is 4.53. The molecular formula is C18H22N2O3. The second-order valence-electron chi connectivity index (χ2n) is 6.33. The largest absolute Gasteiger partial charge is 0.396 e. The van der Waals surface area contributed by atoms with Crippen LogP contribution >= 0.6 is 0 Å². The maximum atomic E-state index is 12.2. The van der Waals surface area contributed by atoms with E-state index in [0.29, 0.717) is 29.7 Å². The van der Waals surface area contributed by atoms with Gasteiger partial charge in [-0.15, -0.1) is 0 Å². The molecule has 0 aliphatic carbocycles. The lowest BCUT2D eigenvalue weighted by molar-refractivity contribution is 0.0927. The zero-order valence-electron chi connectivity index (χ0n) is 13.4. The molecule has 23 heavy (non-hydrogen) atoms. The molecule has 5 heteroatoms. The number of nitrogens with one attached hydrogen (secondary N) is 2. The first-order valence-electron chi connectivity index (χ1n) is 7.59. The van der Waals surface area contributed by atoms with E-state index in [0.717, 1.165) is 0 Å². The van der Waals surface area contributed by atoms with E-state index in [1.807, 2.05) is 13.8 Å². The average Bonchev–Trinajstić information content (AvgIpc) is 3.06. The van der Waals surface area contributed by atoms with E-state index >= 15 is 0 Å². The van der Waals surface area contributed by atoms with E-state index in [9.17, 15) is 9.59 Å². The average molecular weight is 314 g/mol. The Bertz CT molecular complexity index is 658. The number of H-pyrrole nitrogens is 1. The van der Waals surface area contributed by atoms with Gasteiger partial charge in [-0.25, -0.2) is 0 Å². The molecule has 0 spiro atoms. The fourth-order valence-electron chi connectivity index (χ4n) is 2.22. The molecule has 122 valence electrons. The molecule has 2 rings (SSSR count). The van der Waals surface area contributed by atoms with Crippen LogP contribution in [0.25, 0.3) is 0 Å². The molecule has 0 radical (unpaired) electrons. The minimum absolute atomic E-state index is 0.0812. The van der Waals surface area contributed by atoms with Gasteiger partial charge >= 0.3 is 0 Å². The van der Waals surface area contributed by atoms with Crippen LogP contribution < -0.4 is 5.32 Å². The Morgan fingerprint density at radius 1 is 1.09 bits per heavy atom. The summed E-state index contributed by atoms with van der Waals surface area (Å²) in [4.78, 5) is 27.2. The number of ketones is 1. The van der Waals surface area contributed by atoms with Crippen LogP contribution in [0, 0.1) is 5.41 Å². The maximum Gasteiger partial charge on any atom is 0.251 e. The fraction of sp³-hybridized carbons (Fsp3) is 0.333. The van der Waals surface area contributed by atoms with Crippen molar-refractivity contribution in [2.45, 2.75) is 20.3 Å². The fourth-order valence-corrected chi connectivity index (χ4v) is 2.22. The predicted molar refractivity (Wildman–Crippen MR) is 88.5 cm³/mol. The monoisotopic (exact) mass is 314 g/mol. The van der Waals surface area contributed by atoms with Gasteiger partial charge in [-0.2, -0.15) is 0 Å². The third-order valence-corrected chi connectivity index (χ3v) is 3.79. The third-order valence-electron chi connectivity index (χ3n) is 3.79. The molecule has 0 atom stereocenters. The highest BCUT2D eigenvalue weighted by atomic mass is 16.3. The van der Waals surface area contributed by atoms with E-state index in [4.69, 9.17) is 5.11 Å². The zero-order chi connectivity index (χ0) is 16.9. The Morgan fingerprint density at radius 2 is 1.74 bits per heavy atom. The van der Waals surface area contributed by atoms with Gasteiger partial charge in [-0.1, -0.05) is 26.0 Å². The molecule has 0 bridgehead atoms. The Labute approximate surface area is 135 Å². The number of carbonyl (C=O) groups excluding carboxylic acids is 2. The van der Waals surface area contributed by atoms with Crippen LogP contribution in [-0.4, -0.2) is 34.9 Å². The summed E-state index contributed by atoms with van der Waals surface area (Å²) >= 11 is 0. The normalized spacial score (nSPS) is 11.3. The lowest BCUT2D eigenvalue weighted by Crippen LogP contribution is -2.34. The Hall–Kier alpha value is -2.40. The van der Waals surface area contributed by atoms with Crippen LogP contribution in [-0.2, 0) is 0 Å². The van der Waals surface area contributed by atoms with Crippen LogP contribution in [0.15, 0.2) is 42.7 Å². The van der Waals surface area contributed by atoms with Crippen molar-refractivity contribution in [1.82, 2.24) is 10.3 Å². The minimum Gasteiger partial charge on any atom is -0.396 e. The van der Waals surface area contributed by atoms with Crippen LogP contribution in [0.1, 0.15) is 46.5 Å². The molecule has 1 heterocycles. The SMILES string of the molecule is CC(C)(CCO)CNC(=O)c1ccc(C(=O)c2cc[nH]c2)cc1. The molecule has 0 unspecified atom stereocenters. The molecule has 2 aromatic rings. The van der Waals surface area contributed by atoms with Gasteiger partial charge in [0.15, 0.2) is 5.78 Å². The van der Waals surface area contributed by atoms with Crippen molar-refractivity contribution in [3.05, 3.63) is 59.4 Å². The molecule has 1 amide bonds. The number of rotatable bonds is 7. The number of aromatic amines is 1. The van der Waals surface area contributed by atoms with Crippen molar-refractivity contribution in [1.29, 1.82) is 0 Å². The maximum absolute atomic E-state index is 12.2. The number of hydrogen-bond acceptors (Lipinski definition) is 3. The number of aliphatic hydroxyl groups excluding tert-OH is 1. The quantitative estimate of drug-likeness (QED) is 0.686. The summed E-state index contributed by atoms with van der Waals surface area (Å²) in [5.74, 6) is -0.265. The van der Waals surface area contributed by atoms with Crippen molar-refractivity contribution in [2.24, 2.45) is 5.41 Å². The smallest absolute Gasteiger partial charge is 0.251 e. The van der Waals surface area contributed by atoms with Gasteiger partial charge in [0.2, 0.25) is 0 Å². The van der Waals surface area contributed by atoms with Crippen molar-refractivity contribution in [2.75, 3.05) is 13.2 Å². The zero-order valence-corrected chi connectivity index (χ0v) is 13.4. The number of aliphatic hydroxyl groups is 1. The second kappa shape index (κ2) is 7.24.